The number of hydrogen-bond donors (Lipinski definition) is 5. The number of aryl methyl sites for hydroxylation is 1. The highest BCUT2D eigenvalue weighted by atomic mass is 35.5. The molecule has 2 aromatic carbocycles. The third-order valence-electron chi connectivity index (χ3n) is 6.87. The van der Waals surface area contributed by atoms with Crippen LogP contribution in [0, 0.1) is 13.8 Å². The van der Waals surface area contributed by atoms with E-state index in [0.717, 1.165) is 40.0 Å². The first-order valence-corrected chi connectivity index (χ1v) is 15.2. The second kappa shape index (κ2) is 15.6. The minimum absolute atomic E-state index is 0.0603. The van der Waals surface area contributed by atoms with Crippen LogP contribution in [0.15, 0.2) is 42.5 Å². The topological polar surface area (TPSA) is 92.2 Å². The van der Waals surface area contributed by atoms with E-state index in [1.54, 1.807) is 28.8 Å². The average Bonchev–Trinajstić information content (AvgIpc) is 3.20. The van der Waals surface area contributed by atoms with Crippen LogP contribution in [-0.4, -0.2) is 65.4 Å². The Labute approximate surface area is 252 Å². The van der Waals surface area contributed by atoms with E-state index in [1.807, 2.05) is 32.0 Å². The molecule has 7 nitrogen and oxygen atoms in total. The number of carbonyl (C=O) groups excluding carboxylic acids is 3. The van der Waals surface area contributed by atoms with Crippen molar-refractivity contribution in [3.05, 3.63) is 69.9 Å². The number of rotatable bonds is 15. The molecule has 0 saturated carbocycles. The average molecular weight is 603 g/mol. The highest BCUT2D eigenvalue weighted by Gasteiger charge is 2.22. The molecule has 0 aliphatic rings. The summed E-state index contributed by atoms with van der Waals surface area (Å²) in [5.74, 6) is 0.899. The Hall–Kier alpha value is -2.30. The highest BCUT2D eigenvalue weighted by molar-refractivity contribution is 7.80. The smallest absolute Gasteiger partial charge is 0.262 e. The van der Waals surface area contributed by atoms with E-state index >= 15 is 0 Å². The molecule has 1 unspecified atom stereocenters. The van der Waals surface area contributed by atoms with Gasteiger partial charge in [0.15, 0.2) is 0 Å². The summed E-state index contributed by atoms with van der Waals surface area (Å²) in [5.41, 5.74) is 3.97. The predicted octanol–water partition coefficient (Wildman–Crippen LogP) is 4.40. The number of nitrogens with zero attached hydrogens (tertiary/aromatic N) is 1. The number of hydrogen-bond acceptors (Lipinski definition) is 7. The number of Topliss-reactive ketones (excluding diaryl/α,β-unsaturated/α-hetero) is 1. The van der Waals surface area contributed by atoms with Gasteiger partial charge in [0, 0.05) is 71.7 Å². The largest absolute Gasteiger partial charge is 0.355 e. The molecule has 3 aromatic rings. The Balaban J connectivity index is 1.59. The zero-order valence-corrected chi connectivity index (χ0v) is 25.8. The van der Waals surface area contributed by atoms with Gasteiger partial charge in [-0.25, -0.2) is 0 Å². The van der Waals surface area contributed by atoms with Crippen molar-refractivity contribution in [1.29, 1.82) is 0 Å². The lowest BCUT2D eigenvalue weighted by Gasteiger charge is -2.17. The molecule has 1 aromatic heterocycles. The summed E-state index contributed by atoms with van der Waals surface area (Å²) in [6.07, 6.45) is 1.08. The van der Waals surface area contributed by atoms with E-state index in [4.69, 9.17) is 11.6 Å². The van der Waals surface area contributed by atoms with Crippen molar-refractivity contribution < 1.29 is 14.4 Å². The van der Waals surface area contributed by atoms with Gasteiger partial charge in [-0.05, 0) is 69.2 Å². The SMILES string of the molecule is Cc1ccc2c(c1)c(CC(=O)CCCNC(=O)C(CS)NCCN[C@@H](C)CS)c(C)n2C(=O)c1ccc(Cl)cc1. The third-order valence-corrected chi connectivity index (χ3v) is 8.04. The van der Waals surface area contributed by atoms with Crippen molar-refractivity contribution >= 4 is 65.4 Å². The molecule has 0 bridgehead atoms. The Bertz CT molecular complexity index is 1330. The molecule has 40 heavy (non-hydrogen) atoms. The fraction of sp³-hybridized carbons (Fsp3) is 0.433. The van der Waals surface area contributed by atoms with Gasteiger partial charge in [-0.15, -0.1) is 0 Å². The maximum absolute atomic E-state index is 13.4. The summed E-state index contributed by atoms with van der Waals surface area (Å²) < 4.78 is 1.68. The lowest BCUT2D eigenvalue weighted by atomic mass is 10.0. The van der Waals surface area contributed by atoms with Gasteiger partial charge in [-0.1, -0.05) is 23.2 Å². The first-order chi connectivity index (χ1) is 19.2. The zero-order valence-electron chi connectivity index (χ0n) is 23.3. The maximum atomic E-state index is 13.4. The van der Waals surface area contributed by atoms with Crippen molar-refractivity contribution in [2.24, 2.45) is 0 Å². The summed E-state index contributed by atoms with van der Waals surface area (Å²) in [7, 11) is 0. The molecule has 3 rings (SSSR count). The van der Waals surface area contributed by atoms with Gasteiger partial charge in [-0.2, -0.15) is 25.3 Å². The lowest BCUT2D eigenvalue weighted by Crippen LogP contribution is -2.48. The van der Waals surface area contributed by atoms with Crippen LogP contribution in [0.3, 0.4) is 0 Å². The molecule has 1 amide bonds. The van der Waals surface area contributed by atoms with Crippen molar-refractivity contribution in [3.63, 3.8) is 0 Å². The molecule has 0 fully saturated rings. The standard InChI is InChI=1S/C30H39ClN4O3S2/c1-19-6-11-28-26(15-19)25(21(3)35(28)30(38)22-7-9-23(31)10-8-22)16-24(36)5-4-12-34-29(37)27(18-40)33-14-13-32-20(2)17-39/h6-11,15,20,27,32-33,39-40H,4-5,12-14,16-18H2,1-3H3,(H,34,37)/t20-,27?/m0/s1. The minimum Gasteiger partial charge on any atom is -0.355 e. The quantitative estimate of drug-likeness (QED) is 0.131. The molecular formula is C30H39ClN4O3S2. The van der Waals surface area contributed by atoms with Gasteiger partial charge < -0.3 is 16.0 Å². The fourth-order valence-corrected chi connectivity index (χ4v) is 5.13. The number of thiol groups is 2. The summed E-state index contributed by atoms with van der Waals surface area (Å²) in [4.78, 5) is 39.0. The zero-order chi connectivity index (χ0) is 29.2. The van der Waals surface area contributed by atoms with Crippen LogP contribution < -0.4 is 16.0 Å². The number of nitrogens with one attached hydrogen (secondary N) is 3. The molecule has 0 aliphatic heterocycles. The molecule has 0 aliphatic carbocycles. The Morgan fingerprint density at radius 1 is 0.950 bits per heavy atom. The third kappa shape index (κ3) is 8.60. The first kappa shape index (κ1) is 32.2. The van der Waals surface area contributed by atoms with Crippen LogP contribution >= 0.6 is 36.9 Å². The van der Waals surface area contributed by atoms with Crippen molar-refractivity contribution in [1.82, 2.24) is 20.5 Å². The number of benzene rings is 2. The summed E-state index contributed by atoms with van der Waals surface area (Å²) in [6.45, 7) is 7.70. The van der Waals surface area contributed by atoms with E-state index in [0.29, 0.717) is 48.3 Å². The van der Waals surface area contributed by atoms with E-state index < -0.39 is 6.04 Å². The maximum Gasteiger partial charge on any atom is 0.262 e. The van der Waals surface area contributed by atoms with Crippen LogP contribution in [0.4, 0.5) is 0 Å². The van der Waals surface area contributed by atoms with Crippen LogP contribution in [0.5, 0.6) is 0 Å². The van der Waals surface area contributed by atoms with E-state index in [2.05, 4.69) is 48.1 Å². The summed E-state index contributed by atoms with van der Waals surface area (Å²) >= 11 is 14.6. The van der Waals surface area contributed by atoms with E-state index in [-0.39, 0.29) is 24.0 Å². The molecule has 3 N–H and O–H groups in total. The number of aromatic nitrogens is 1. The summed E-state index contributed by atoms with van der Waals surface area (Å²) in [6, 6.07) is 12.6. The Morgan fingerprint density at radius 3 is 2.33 bits per heavy atom. The number of carbonyl (C=O) groups is 3. The second-order valence-electron chi connectivity index (χ2n) is 10.1. The fourth-order valence-electron chi connectivity index (χ4n) is 4.58. The van der Waals surface area contributed by atoms with Crippen LogP contribution in [0.1, 0.15) is 46.9 Å². The number of amides is 1. The van der Waals surface area contributed by atoms with E-state index in [9.17, 15) is 14.4 Å². The molecule has 1 heterocycles. The van der Waals surface area contributed by atoms with Crippen LogP contribution in [-0.2, 0) is 16.0 Å². The first-order valence-electron chi connectivity index (χ1n) is 13.5. The van der Waals surface area contributed by atoms with Gasteiger partial charge in [0.2, 0.25) is 5.91 Å². The van der Waals surface area contributed by atoms with Gasteiger partial charge in [0.05, 0.1) is 11.6 Å². The van der Waals surface area contributed by atoms with Crippen molar-refractivity contribution in [2.45, 2.75) is 52.1 Å². The Morgan fingerprint density at radius 2 is 1.65 bits per heavy atom. The van der Waals surface area contributed by atoms with Crippen LogP contribution in [0.2, 0.25) is 5.02 Å². The van der Waals surface area contributed by atoms with Crippen LogP contribution in [0.25, 0.3) is 10.9 Å². The van der Waals surface area contributed by atoms with Crippen molar-refractivity contribution in [3.8, 4) is 0 Å². The Kier molecular flexibility index (Phi) is 12.6. The molecule has 216 valence electrons. The van der Waals surface area contributed by atoms with Gasteiger partial charge in [0.25, 0.3) is 5.91 Å². The predicted molar refractivity (Wildman–Crippen MR) is 171 cm³/mol. The molecule has 0 radical (unpaired) electrons. The number of ketones is 1. The van der Waals surface area contributed by atoms with Gasteiger partial charge in [0.1, 0.15) is 5.78 Å². The highest BCUT2D eigenvalue weighted by Crippen LogP contribution is 2.29. The second-order valence-corrected chi connectivity index (χ2v) is 11.2. The van der Waals surface area contributed by atoms with Gasteiger partial charge in [-0.3, -0.25) is 19.0 Å². The number of fused-ring (bicyclic) bond motifs is 1. The molecule has 10 heteroatoms. The minimum atomic E-state index is -0.401. The molecule has 2 atom stereocenters. The normalized spacial score (nSPS) is 12.8. The molecular weight excluding hydrogens is 564 g/mol. The number of halogens is 1. The summed E-state index contributed by atoms with van der Waals surface area (Å²) in [5, 5.41) is 10.9. The molecule has 0 saturated heterocycles. The van der Waals surface area contributed by atoms with Crippen molar-refractivity contribution in [2.75, 3.05) is 31.1 Å². The lowest BCUT2D eigenvalue weighted by molar-refractivity contribution is -0.123. The van der Waals surface area contributed by atoms with E-state index in [1.165, 1.54) is 0 Å². The van der Waals surface area contributed by atoms with Gasteiger partial charge >= 0.3 is 0 Å². The molecule has 0 spiro atoms. The monoisotopic (exact) mass is 602 g/mol.